The van der Waals surface area contributed by atoms with Crippen LogP contribution in [0.25, 0.3) is 10.8 Å². The number of ether oxygens (including phenoxy) is 2. The average Bonchev–Trinajstić information content (AvgIpc) is 3.04. The summed E-state index contributed by atoms with van der Waals surface area (Å²) >= 11 is 6.34. The first-order chi connectivity index (χ1) is 24.4. The molecule has 0 aliphatic carbocycles. The van der Waals surface area contributed by atoms with Gasteiger partial charge < -0.3 is 40.7 Å². The fourth-order valence-corrected chi connectivity index (χ4v) is 5.77. The Hall–Kier alpha value is -5.63. The zero-order chi connectivity index (χ0) is 37.8. The molecule has 52 heavy (non-hydrogen) atoms. The molecule has 0 spiro atoms. The van der Waals surface area contributed by atoms with E-state index >= 15 is 0 Å². The number of amides is 4. The van der Waals surface area contributed by atoms with Crippen LogP contribution in [0.3, 0.4) is 0 Å². The van der Waals surface area contributed by atoms with Crippen molar-refractivity contribution in [3.8, 4) is 5.75 Å². The lowest BCUT2D eigenvalue weighted by Gasteiger charge is -2.39. The van der Waals surface area contributed by atoms with E-state index < -0.39 is 47.3 Å². The number of piperidine rings is 1. The minimum Gasteiger partial charge on any atom is -0.506 e. The van der Waals surface area contributed by atoms with Gasteiger partial charge in [0.25, 0.3) is 11.8 Å². The zero-order valence-corrected chi connectivity index (χ0v) is 30.5. The number of nitrogens with one attached hydrogen (secondary N) is 4. The molecule has 1 aliphatic heterocycles. The van der Waals surface area contributed by atoms with Gasteiger partial charge in [-0.1, -0.05) is 41.9 Å². The number of phenols is 1. The van der Waals surface area contributed by atoms with E-state index in [-0.39, 0.29) is 40.9 Å². The zero-order valence-electron chi connectivity index (χ0n) is 29.7. The SMILES string of the molecule is CC(C)(C)OC(=O)N[C@@H]1C[C@H](NC(=O)OC(C)(C)C)CN(c2cc(C(=O)Nc3ccc(NC(=O)c4ccc5ccccc5c4O)cc3)c(Cl)nn2)C1. The molecule has 0 bridgehead atoms. The third-order valence-corrected chi connectivity index (χ3v) is 8.02. The molecule has 5 N–H and O–H groups in total. The van der Waals surface area contributed by atoms with Gasteiger partial charge in [0.2, 0.25) is 0 Å². The van der Waals surface area contributed by atoms with Gasteiger partial charge in [0.1, 0.15) is 17.0 Å². The lowest BCUT2D eigenvalue weighted by molar-refractivity contribution is 0.0475. The van der Waals surface area contributed by atoms with E-state index in [9.17, 15) is 24.3 Å². The minimum absolute atomic E-state index is 0.0368. The van der Waals surface area contributed by atoms with Crippen molar-refractivity contribution >= 4 is 63.6 Å². The van der Waals surface area contributed by atoms with Crippen molar-refractivity contribution in [2.24, 2.45) is 0 Å². The normalized spacial score (nSPS) is 16.1. The summed E-state index contributed by atoms with van der Waals surface area (Å²) in [6.07, 6.45) is -0.853. The first-order valence-corrected chi connectivity index (χ1v) is 17.0. The predicted molar refractivity (Wildman–Crippen MR) is 198 cm³/mol. The Morgan fingerprint density at radius 2 is 1.27 bits per heavy atom. The van der Waals surface area contributed by atoms with Gasteiger partial charge in [0, 0.05) is 29.9 Å². The van der Waals surface area contributed by atoms with E-state index in [0.717, 1.165) is 5.39 Å². The van der Waals surface area contributed by atoms with Gasteiger partial charge in [-0.25, -0.2) is 9.59 Å². The maximum absolute atomic E-state index is 13.4. The summed E-state index contributed by atoms with van der Waals surface area (Å²) in [6.45, 7) is 11.1. The molecule has 4 aromatic rings. The van der Waals surface area contributed by atoms with Gasteiger partial charge in [0.05, 0.1) is 23.2 Å². The predicted octanol–water partition coefficient (Wildman–Crippen LogP) is 6.49. The maximum atomic E-state index is 13.4. The van der Waals surface area contributed by atoms with Crippen LogP contribution in [0.4, 0.5) is 26.8 Å². The summed E-state index contributed by atoms with van der Waals surface area (Å²) in [4.78, 5) is 53.5. The molecule has 2 atom stereocenters. The van der Waals surface area contributed by atoms with E-state index in [4.69, 9.17) is 21.1 Å². The molecule has 1 aromatic heterocycles. The van der Waals surface area contributed by atoms with Crippen LogP contribution in [0.1, 0.15) is 68.7 Å². The summed E-state index contributed by atoms with van der Waals surface area (Å²) in [5, 5.41) is 31.4. The van der Waals surface area contributed by atoms with Crippen molar-refractivity contribution in [3.63, 3.8) is 0 Å². The molecular weight excluding hydrogens is 690 g/mol. The molecule has 14 nitrogen and oxygen atoms in total. The van der Waals surface area contributed by atoms with Crippen molar-refractivity contribution in [1.29, 1.82) is 0 Å². The average molecular weight is 732 g/mol. The number of carbonyl (C=O) groups is 4. The van der Waals surface area contributed by atoms with E-state index in [1.807, 2.05) is 12.1 Å². The summed E-state index contributed by atoms with van der Waals surface area (Å²) in [6, 6.07) is 17.5. The summed E-state index contributed by atoms with van der Waals surface area (Å²) in [7, 11) is 0. The number of rotatable bonds is 7. The van der Waals surface area contributed by atoms with Gasteiger partial charge in [0.15, 0.2) is 11.0 Å². The fourth-order valence-electron chi connectivity index (χ4n) is 5.60. The molecule has 1 fully saturated rings. The Kier molecular flexibility index (Phi) is 11.1. The largest absolute Gasteiger partial charge is 0.506 e. The molecule has 5 rings (SSSR count). The minimum atomic E-state index is -0.716. The number of nitrogens with zero attached hydrogens (tertiary/aromatic N) is 3. The van der Waals surface area contributed by atoms with Crippen LogP contribution in [-0.4, -0.2) is 75.7 Å². The molecule has 274 valence electrons. The van der Waals surface area contributed by atoms with Gasteiger partial charge in [-0.05, 0) is 89.7 Å². The van der Waals surface area contributed by atoms with Crippen LogP contribution in [0, 0.1) is 0 Å². The number of fused-ring (bicyclic) bond motifs is 1. The van der Waals surface area contributed by atoms with E-state index in [2.05, 4.69) is 31.5 Å². The summed E-state index contributed by atoms with van der Waals surface area (Å²) < 4.78 is 10.9. The lowest BCUT2D eigenvalue weighted by Crippen LogP contribution is -2.58. The smallest absolute Gasteiger partial charge is 0.407 e. The van der Waals surface area contributed by atoms with Crippen molar-refractivity contribution in [3.05, 3.63) is 83.0 Å². The Morgan fingerprint density at radius 3 is 1.81 bits per heavy atom. The number of halogens is 1. The van der Waals surface area contributed by atoms with Crippen LogP contribution in [0.2, 0.25) is 5.15 Å². The molecule has 0 saturated carbocycles. The summed E-state index contributed by atoms with van der Waals surface area (Å²) in [5.74, 6) is -0.887. The number of aromatic hydroxyl groups is 1. The fraction of sp³-hybridized carbons (Fsp3) is 0.351. The Bertz CT molecular complexity index is 1940. The molecular formula is C37H42ClN7O7. The molecule has 15 heteroatoms. The van der Waals surface area contributed by atoms with Crippen molar-refractivity contribution in [1.82, 2.24) is 20.8 Å². The van der Waals surface area contributed by atoms with Crippen LogP contribution < -0.4 is 26.2 Å². The number of hydrogen-bond acceptors (Lipinski definition) is 10. The second kappa shape index (κ2) is 15.3. The number of anilines is 3. The monoisotopic (exact) mass is 731 g/mol. The van der Waals surface area contributed by atoms with Crippen LogP contribution in [0.15, 0.2) is 66.7 Å². The first-order valence-electron chi connectivity index (χ1n) is 16.6. The maximum Gasteiger partial charge on any atom is 0.407 e. The van der Waals surface area contributed by atoms with Gasteiger partial charge in [-0.2, -0.15) is 0 Å². The molecule has 1 aliphatic rings. The first kappa shape index (κ1) is 37.6. The second-order valence-electron chi connectivity index (χ2n) is 14.4. The number of alkyl carbamates (subject to hydrolysis) is 2. The Morgan fingerprint density at radius 1 is 0.750 bits per heavy atom. The molecule has 0 radical (unpaired) electrons. The molecule has 0 unspecified atom stereocenters. The third-order valence-electron chi connectivity index (χ3n) is 7.74. The summed E-state index contributed by atoms with van der Waals surface area (Å²) in [5.41, 5.74) is -0.420. The highest BCUT2D eigenvalue weighted by Crippen LogP contribution is 2.30. The Balaban J connectivity index is 1.28. The topological polar surface area (TPSA) is 184 Å². The van der Waals surface area contributed by atoms with Gasteiger partial charge >= 0.3 is 12.2 Å². The molecule has 4 amide bonds. The quantitative estimate of drug-likeness (QED) is 0.141. The van der Waals surface area contributed by atoms with E-state index in [0.29, 0.717) is 23.2 Å². The molecule has 2 heterocycles. The highest BCUT2D eigenvalue weighted by Gasteiger charge is 2.33. The van der Waals surface area contributed by atoms with E-state index in [1.54, 1.807) is 95.0 Å². The van der Waals surface area contributed by atoms with Crippen LogP contribution in [-0.2, 0) is 9.47 Å². The Labute approximate surface area is 306 Å². The highest BCUT2D eigenvalue weighted by molar-refractivity contribution is 6.33. The number of phenolic OH excluding ortho intramolecular Hbond substituents is 1. The number of aromatic nitrogens is 2. The van der Waals surface area contributed by atoms with Crippen molar-refractivity contribution < 1.29 is 33.8 Å². The van der Waals surface area contributed by atoms with Crippen LogP contribution >= 0.6 is 11.6 Å². The second-order valence-corrected chi connectivity index (χ2v) is 14.8. The van der Waals surface area contributed by atoms with Crippen molar-refractivity contribution in [2.45, 2.75) is 71.2 Å². The third kappa shape index (κ3) is 10.00. The number of carbonyl (C=O) groups excluding carboxylic acids is 4. The standard InChI is InChI=1S/C37H42ClN7O7/c1-36(2,3)51-34(49)41-24-17-25(42-35(50)52-37(4,5)6)20-45(19-24)29-18-28(31(38)44-43-29)33(48)40-23-14-12-22(13-15-23)39-32(47)27-16-11-21-9-7-8-10-26(21)30(27)46/h7-16,18,24-25,46H,17,19-20H2,1-6H3,(H,39,47)(H,40,48)(H,41,49)(H,42,50)/t24-,25+. The number of benzene rings is 3. The number of hydrogen-bond donors (Lipinski definition) is 5. The molecule has 1 saturated heterocycles. The molecule has 3 aromatic carbocycles. The van der Waals surface area contributed by atoms with Gasteiger partial charge in [-0.3, -0.25) is 9.59 Å². The van der Waals surface area contributed by atoms with Gasteiger partial charge in [-0.15, -0.1) is 10.2 Å². The highest BCUT2D eigenvalue weighted by atomic mass is 35.5. The lowest BCUT2D eigenvalue weighted by atomic mass is 10.0. The van der Waals surface area contributed by atoms with Crippen molar-refractivity contribution in [2.75, 3.05) is 28.6 Å². The van der Waals surface area contributed by atoms with Crippen LogP contribution in [0.5, 0.6) is 5.75 Å². The van der Waals surface area contributed by atoms with E-state index in [1.165, 1.54) is 6.07 Å².